The van der Waals surface area contributed by atoms with E-state index in [1.165, 1.54) is 11.3 Å². The Balaban J connectivity index is 1.75. The Bertz CT molecular complexity index is 702. The van der Waals surface area contributed by atoms with Crippen molar-refractivity contribution in [3.63, 3.8) is 0 Å². The highest BCUT2D eigenvalue weighted by Gasteiger charge is 2.42. The summed E-state index contributed by atoms with van der Waals surface area (Å²) in [7, 11) is 0. The molecule has 0 saturated heterocycles. The van der Waals surface area contributed by atoms with E-state index in [9.17, 15) is 4.79 Å². The van der Waals surface area contributed by atoms with Crippen LogP contribution in [0.25, 0.3) is 0 Å². The first kappa shape index (κ1) is 14.0. The zero-order chi connectivity index (χ0) is 14.9. The molecule has 21 heavy (non-hydrogen) atoms. The number of oxime groups is 1. The molecule has 1 aromatic carbocycles. The van der Waals surface area contributed by atoms with Crippen LogP contribution in [0, 0.1) is 0 Å². The standard InChI is InChI=1S/C14H12ClN3O2S/c1-14(12(19)17-13-16-6-7-21-13)8-11(18-20-14)9-4-2-3-5-10(9)15/h2-7H,8H2,1H3,(H,16,17,19)/t14-/m1/s1. The van der Waals surface area contributed by atoms with Gasteiger partial charge in [-0.1, -0.05) is 35.0 Å². The number of carbonyl (C=O) groups is 1. The number of amides is 1. The molecule has 0 aliphatic carbocycles. The summed E-state index contributed by atoms with van der Waals surface area (Å²) >= 11 is 7.50. The van der Waals surface area contributed by atoms with Gasteiger partial charge in [0.15, 0.2) is 5.13 Å². The fourth-order valence-corrected chi connectivity index (χ4v) is 2.78. The lowest BCUT2D eigenvalue weighted by Crippen LogP contribution is -2.40. The Morgan fingerprint density at radius 1 is 1.48 bits per heavy atom. The van der Waals surface area contributed by atoms with Gasteiger partial charge in [-0.05, 0) is 13.0 Å². The molecule has 108 valence electrons. The highest BCUT2D eigenvalue weighted by molar-refractivity contribution is 7.13. The molecule has 7 heteroatoms. The van der Waals surface area contributed by atoms with Crippen molar-refractivity contribution in [2.75, 3.05) is 5.32 Å². The van der Waals surface area contributed by atoms with E-state index in [4.69, 9.17) is 16.4 Å². The number of aromatic nitrogens is 1. The number of benzene rings is 1. The van der Waals surface area contributed by atoms with Crippen molar-refractivity contribution >= 4 is 39.7 Å². The van der Waals surface area contributed by atoms with Crippen LogP contribution >= 0.6 is 22.9 Å². The van der Waals surface area contributed by atoms with E-state index in [1.807, 2.05) is 18.2 Å². The van der Waals surface area contributed by atoms with E-state index >= 15 is 0 Å². The monoisotopic (exact) mass is 321 g/mol. The molecule has 5 nitrogen and oxygen atoms in total. The molecule has 2 heterocycles. The molecule has 3 rings (SSSR count). The predicted molar refractivity (Wildman–Crippen MR) is 82.8 cm³/mol. The number of carbonyl (C=O) groups excluding carboxylic acids is 1. The number of rotatable bonds is 3. The largest absolute Gasteiger partial charge is 0.379 e. The van der Waals surface area contributed by atoms with Crippen LogP contribution in [0.3, 0.4) is 0 Å². The molecule has 1 aromatic heterocycles. The Hall–Kier alpha value is -1.92. The SMILES string of the molecule is C[C@]1(C(=O)Nc2nccs2)CC(c2ccccc2Cl)=NO1. The maximum Gasteiger partial charge on any atom is 0.273 e. The Labute approximate surface area is 130 Å². The van der Waals surface area contributed by atoms with Gasteiger partial charge in [-0.3, -0.25) is 10.1 Å². The second kappa shape index (κ2) is 5.46. The number of hydrogen-bond acceptors (Lipinski definition) is 5. The van der Waals surface area contributed by atoms with Crippen LogP contribution < -0.4 is 5.32 Å². The van der Waals surface area contributed by atoms with Crippen LogP contribution in [0.15, 0.2) is 41.0 Å². The average Bonchev–Trinajstić information content (AvgIpc) is 3.10. The number of halogens is 1. The first-order valence-corrected chi connectivity index (χ1v) is 7.55. The smallest absolute Gasteiger partial charge is 0.273 e. The zero-order valence-corrected chi connectivity index (χ0v) is 12.7. The fraction of sp³-hybridized carbons (Fsp3) is 0.214. The lowest BCUT2D eigenvalue weighted by Gasteiger charge is -2.19. The number of anilines is 1. The molecule has 0 radical (unpaired) electrons. The number of thiazole rings is 1. The Morgan fingerprint density at radius 3 is 3.00 bits per heavy atom. The highest BCUT2D eigenvalue weighted by atomic mass is 35.5. The normalized spacial score (nSPS) is 20.8. The number of hydrogen-bond donors (Lipinski definition) is 1. The lowest BCUT2D eigenvalue weighted by molar-refractivity contribution is -0.135. The summed E-state index contributed by atoms with van der Waals surface area (Å²) in [6, 6.07) is 7.35. The molecule has 1 N–H and O–H groups in total. The van der Waals surface area contributed by atoms with Crippen LogP contribution in [0.1, 0.15) is 18.9 Å². The summed E-state index contributed by atoms with van der Waals surface area (Å²) in [5.41, 5.74) is 0.391. The molecule has 1 atom stereocenters. The van der Waals surface area contributed by atoms with E-state index in [0.717, 1.165) is 5.56 Å². The summed E-state index contributed by atoms with van der Waals surface area (Å²) in [5, 5.41) is 9.67. The first-order valence-electron chi connectivity index (χ1n) is 6.29. The van der Waals surface area contributed by atoms with Crippen molar-refractivity contribution in [3.05, 3.63) is 46.4 Å². The van der Waals surface area contributed by atoms with Crippen molar-refractivity contribution in [1.29, 1.82) is 0 Å². The van der Waals surface area contributed by atoms with E-state index in [-0.39, 0.29) is 5.91 Å². The van der Waals surface area contributed by atoms with E-state index in [1.54, 1.807) is 24.6 Å². The van der Waals surface area contributed by atoms with Crippen molar-refractivity contribution < 1.29 is 9.63 Å². The van der Waals surface area contributed by atoms with Crippen LogP contribution in [0.2, 0.25) is 5.02 Å². The maximum atomic E-state index is 12.3. The molecule has 0 spiro atoms. The van der Waals surface area contributed by atoms with Gasteiger partial charge in [0.25, 0.3) is 5.91 Å². The summed E-state index contributed by atoms with van der Waals surface area (Å²) in [6.45, 7) is 1.70. The topological polar surface area (TPSA) is 63.6 Å². The fourth-order valence-electron chi connectivity index (χ4n) is 2.02. The molecule has 0 unspecified atom stereocenters. The van der Waals surface area contributed by atoms with Crippen molar-refractivity contribution in [3.8, 4) is 0 Å². The van der Waals surface area contributed by atoms with Gasteiger partial charge in [-0.15, -0.1) is 11.3 Å². The number of nitrogens with one attached hydrogen (secondary N) is 1. The van der Waals surface area contributed by atoms with Gasteiger partial charge in [0, 0.05) is 28.6 Å². The third-order valence-corrected chi connectivity index (χ3v) is 4.20. The van der Waals surface area contributed by atoms with E-state index in [0.29, 0.717) is 22.3 Å². The molecular formula is C14H12ClN3O2S. The van der Waals surface area contributed by atoms with Gasteiger partial charge in [0.05, 0.1) is 5.71 Å². The minimum absolute atomic E-state index is 0.275. The summed E-state index contributed by atoms with van der Waals surface area (Å²) < 4.78 is 0. The van der Waals surface area contributed by atoms with Crippen LogP contribution in [0.5, 0.6) is 0 Å². The summed E-state index contributed by atoms with van der Waals surface area (Å²) in [6.07, 6.45) is 1.98. The van der Waals surface area contributed by atoms with Gasteiger partial charge < -0.3 is 4.84 Å². The Kier molecular flexibility index (Phi) is 3.65. The minimum Gasteiger partial charge on any atom is -0.379 e. The van der Waals surface area contributed by atoms with Gasteiger partial charge in [0.2, 0.25) is 5.60 Å². The van der Waals surface area contributed by atoms with Crippen LogP contribution in [-0.4, -0.2) is 22.2 Å². The zero-order valence-electron chi connectivity index (χ0n) is 11.2. The van der Waals surface area contributed by atoms with Gasteiger partial charge >= 0.3 is 0 Å². The molecule has 1 aliphatic heterocycles. The van der Waals surface area contributed by atoms with Gasteiger partial charge in [-0.2, -0.15) is 0 Å². The second-order valence-electron chi connectivity index (χ2n) is 4.81. The van der Waals surface area contributed by atoms with E-state index in [2.05, 4.69) is 15.5 Å². The Morgan fingerprint density at radius 2 is 2.29 bits per heavy atom. The van der Waals surface area contributed by atoms with Crippen molar-refractivity contribution in [2.45, 2.75) is 18.9 Å². The van der Waals surface area contributed by atoms with Crippen LogP contribution in [0.4, 0.5) is 5.13 Å². The molecule has 0 saturated carbocycles. The van der Waals surface area contributed by atoms with Gasteiger partial charge in [-0.25, -0.2) is 4.98 Å². The van der Waals surface area contributed by atoms with Crippen molar-refractivity contribution in [1.82, 2.24) is 4.98 Å². The lowest BCUT2D eigenvalue weighted by atomic mass is 9.95. The summed E-state index contributed by atoms with van der Waals surface area (Å²) in [4.78, 5) is 21.7. The molecule has 1 amide bonds. The van der Waals surface area contributed by atoms with Crippen molar-refractivity contribution in [2.24, 2.45) is 5.16 Å². The minimum atomic E-state index is -1.06. The maximum absolute atomic E-state index is 12.3. The highest BCUT2D eigenvalue weighted by Crippen LogP contribution is 2.30. The van der Waals surface area contributed by atoms with Gasteiger partial charge in [0.1, 0.15) is 0 Å². The first-order chi connectivity index (χ1) is 10.1. The second-order valence-corrected chi connectivity index (χ2v) is 6.11. The predicted octanol–water partition coefficient (Wildman–Crippen LogP) is 3.32. The third kappa shape index (κ3) is 2.77. The molecule has 2 aromatic rings. The molecule has 1 aliphatic rings. The van der Waals surface area contributed by atoms with E-state index < -0.39 is 5.60 Å². The summed E-state index contributed by atoms with van der Waals surface area (Å²) in [5.74, 6) is -0.275. The molecular weight excluding hydrogens is 310 g/mol. The quantitative estimate of drug-likeness (QED) is 0.943. The van der Waals surface area contributed by atoms with Crippen LogP contribution in [-0.2, 0) is 9.63 Å². The molecule has 0 fully saturated rings. The number of nitrogens with zero attached hydrogens (tertiary/aromatic N) is 2. The average molecular weight is 322 g/mol. The third-order valence-electron chi connectivity index (χ3n) is 3.18. The molecule has 0 bridgehead atoms.